The van der Waals surface area contributed by atoms with Gasteiger partial charge < -0.3 is 15.4 Å². The van der Waals surface area contributed by atoms with Crippen molar-refractivity contribution in [2.75, 3.05) is 25.9 Å². The Bertz CT molecular complexity index is 517. The van der Waals surface area contributed by atoms with Crippen molar-refractivity contribution in [3.63, 3.8) is 0 Å². The van der Waals surface area contributed by atoms with E-state index in [2.05, 4.69) is 4.98 Å². The van der Waals surface area contributed by atoms with Crippen LogP contribution in [0.25, 0.3) is 0 Å². The van der Waals surface area contributed by atoms with E-state index in [9.17, 15) is 4.79 Å². The number of nitrogen functional groups attached to an aromatic ring is 1. The van der Waals surface area contributed by atoms with Crippen molar-refractivity contribution >= 4 is 11.7 Å². The molecule has 5 nitrogen and oxygen atoms in total. The minimum atomic E-state index is 0.0586. The Morgan fingerprint density at radius 1 is 1.43 bits per heavy atom. The molecule has 1 spiro atoms. The van der Waals surface area contributed by atoms with Crippen molar-refractivity contribution in [1.82, 2.24) is 9.88 Å². The number of nitrogens with zero attached hydrogens (tertiary/aromatic N) is 2. The quantitative estimate of drug-likeness (QED) is 0.905. The summed E-state index contributed by atoms with van der Waals surface area (Å²) in [6.45, 7) is 1.62. The van der Waals surface area contributed by atoms with Crippen LogP contribution < -0.4 is 5.73 Å². The minimum Gasteiger partial charge on any atom is -0.384 e. The van der Waals surface area contributed by atoms with Crippen LogP contribution in [0.5, 0.6) is 0 Å². The third kappa shape index (κ3) is 2.62. The van der Waals surface area contributed by atoms with Crippen LogP contribution in [0.1, 0.15) is 42.5 Å². The van der Waals surface area contributed by atoms with E-state index in [-0.39, 0.29) is 17.4 Å². The smallest absolute Gasteiger partial charge is 0.255 e. The molecular formula is C16H23N3O2. The first-order chi connectivity index (χ1) is 10.1. The number of carbonyl (C=O) groups is 1. The van der Waals surface area contributed by atoms with Crippen LogP contribution in [-0.4, -0.2) is 42.1 Å². The number of rotatable bonds is 2. The lowest BCUT2D eigenvalue weighted by atomic mass is 9.76. The van der Waals surface area contributed by atoms with Crippen molar-refractivity contribution < 1.29 is 9.53 Å². The van der Waals surface area contributed by atoms with Gasteiger partial charge in [0.1, 0.15) is 5.82 Å². The molecule has 0 unspecified atom stereocenters. The van der Waals surface area contributed by atoms with E-state index in [0.29, 0.717) is 11.4 Å². The molecule has 0 radical (unpaired) electrons. The molecule has 21 heavy (non-hydrogen) atoms. The highest BCUT2D eigenvalue weighted by atomic mass is 16.5. The predicted octanol–water partition coefficient (Wildman–Crippen LogP) is 2.09. The van der Waals surface area contributed by atoms with E-state index in [1.54, 1.807) is 25.4 Å². The van der Waals surface area contributed by atoms with E-state index in [1.807, 2.05) is 4.90 Å². The van der Waals surface area contributed by atoms with Crippen molar-refractivity contribution in [3.05, 3.63) is 23.9 Å². The van der Waals surface area contributed by atoms with Crippen LogP contribution in [0.3, 0.4) is 0 Å². The molecule has 0 aromatic carbocycles. The maximum Gasteiger partial charge on any atom is 0.255 e. The number of pyridine rings is 1. The van der Waals surface area contributed by atoms with Crippen LogP contribution in [0, 0.1) is 5.41 Å². The summed E-state index contributed by atoms with van der Waals surface area (Å²) in [5, 5.41) is 0. The molecule has 1 saturated carbocycles. The summed E-state index contributed by atoms with van der Waals surface area (Å²) >= 11 is 0. The van der Waals surface area contributed by atoms with Crippen molar-refractivity contribution in [2.45, 2.75) is 38.2 Å². The van der Waals surface area contributed by atoms with E-state index in [4.69, 9.17) is 10.5 Å². The number of hydrogen-bond acceptors (Lipinski definition) is 4. The van der Waals surface area contributed by atoms with Gasteiger partial charge in [-0.3, -0.25) is 4.79 Å². The zero-order chi connectivity index (χ0) is 14.9. The fourth-order valence-corrected chi connectivity index (χ4v) is 3.99. The number of anilines is 1. The number of methoxy groups -OCH3 is 1. The fraction of sp³-hybridized carbons (Fsp3) is 0.625. The molecule has 0 bridgehead atoms. The molecule has 2 aliphatic rings. The Kier molecular flexibility index (Phi) is 3.85. The van der Waals surface area contributed by atoms with Gasteiger partial charge in [0.2, 0.25) is 0 Å². The Morgan fingerprint density at radius 2 is 2.24 bits per heavy atom. The third-order valence-electron chi connectivity index (χ3n) is 5.04. The SMILES string of the molecule is CO[C@@H]1CCC[C@]12CCCN(C(=O)c1ccc(N)nc1)C2. The first-order valence-electron chi connectivity index (χ1n) is 7.68. The van der Waals surface area contributed by atoms with Crippen molar-refractivity contribution in [3.8, 4) is 0 Å². The fourth-order valence-electron chi connectivity index (χ4n) is 3.99. The monoisotopic (exact) mass is 289 g/mol. The zero-order valence-corrected chi connectivity index (χ0v) is 12.5. The highest BCUT2D eigenvalue weighted by Gasteiger charge is 2.46. The van der Waals surface area contributed by atoms with Crippen LogP contribution in [0.2, 0.25) is 0 Å². The maximum atomic E-state index is 12.7. The molecule has 2 heterocycles. The largest absolute Gasteiger partial charge is 0.384 e. The van der Waals surface area contributed by atoms with Gasteiger partial charge in [-0.1, -0.05) is 6.42 Å². The second kappa shape index (κ2) is 5.64. The summed E-state index contributed by atoms with van der Waals surface area (Å²) in [5.74, 6) is 0.500. The lowest BCUT2D eigenvalue weighted by molar-refractivity contribution is -0.0295. The summed E-state index contributed by atoms with van der Waals surface area (Å²) in [5.41, 5.74) is 6.36. The number of likely N-dealkylation sites (tertiary alicyclic amines) is 1. The molecule has 1 aliphatic heterocycles. The highest BCUT2D eigenvalue weighted by molar-refractivity contribution is 5.94. The third-order valence-corrected chi connectivity index (χ3v) is 5.04. The summed E-state index contributed by atoms with van der Waals surface area (Å²) in [7, 11) is 1.79. The average molecular weight is 289 g/mol. The van der Waals surface area contributed by atoms with Crippen LogP contribution >= 0.6 is 0 Å². The first-order valence-corrected chi connectivity index (χ1v) is 7.68. The number of nitrogens with two attached hydrogens (primary N) is 1. The maximum absolute atomic E-state index is 12.7. The topological polar surface area (TPSA) is 68.5 Å². The minimum absolute atomic E-state index is 0.0586. The normalized spacial score (nSPS) is 29.0. The Balaban J connectivity index is 1.77. The second-order valence-corrected chi connectivity index (χ2v) is 6.28. The van der Waals surface area contributed by atoms with Gasteiger partial charge in [-0.2, -0.15) is 0 Å². The summed E-state index contributed by atoms with van der Waals surface area (Å²) < 4.78 is 5.69. The van der Waals surface area contributed by atoms with Gasteiger partial charge in [0.25, 0.3) is 5.91 Å². The van der Waals surface area contributed by atoms with Gasteiger partial charge in [0.05, 0.1) is 11.7 Å². The number of ether oxygens (including phenoxy) is 1. The Hall–Kier alpha value is -1.62. The summed E-state index contributed by atoms with van der Waals surface area (Å²) in [6, 6.07) is 3.44. The van der Waals surface area contributed by atoms with Gasteiger partial charge in [0.15, 0.2) is 0 Å². The van der Waals surface area contributed by atoms with E-state index in [0.717, 1.165) is 38.8 Å². The molecule has 1 saturated heterocycles. The average Bonchev–Trinajstić information content (AvgIpc) is 2.89. The van der Waals surface area contributed by atoms with Gasteiger partial charge >= 0.3 is 0 Å². The summed E-state index contributed by atoms with van der Waals surface area (Å²) in [4.78, 5) is 18.6. The number of amides is 1. The van der Waals surface area contributed by atoms with Crippen molar-refractivity contribution in [1.29, 1.82) is 0 Å². The zero-order valence-electron chi connectivity index (χ0n) is 12.5. The van der Waals surface area contributed by atoms with Crippen LogP contribution in [0.15, 0.2) is 18.3 Å². The molecule has 2 N–H and O–H groups in total. The molecule has 1 aromatic heterocycles. The van der Waals surface area contributed by atoms with Gasteiger partial charge in [-0.25, -0.2) is 4.98 Å². The van der Waals surface area contributed by atoms with Gasteiger partial charge in [0, 0.05) is 31.8 Å². The van der Waals surface area contributed by atoms with E-state index >= 15 is 0 Å². The Morgan fingerprint density at radius 3 is 2.95 bits per heavy atom. The standard InChI is InChI=1S/C16H23N3O2/c1-21-13-4-2-7-16(13)8-3-9-19(11-16)15(20)12-5-6-14(17)18-10-12/h5-6,10,13H,2-4,7-9,11H2,1H3,(H2,17,18)/t13-,16-/m1/s1. The molecule has 1 aliphatic carbocycles. The molecule has 5 heteroatoms. The van der Waals surface area contributed by atoms with Crippen molar-refractivity contribution in [2.24, 2.45) is 5.41 Å². The Labute approximate surface area is 125 Å². The second-order valence-electron chi connectivity index (χ2n) is 6.28. The van der Waals surface area contributed by atoms with E-state index < -0.39 is 0 Å². The first kappa shape index (κ1) is 14.3. The number of carbonyl (C=O) groups excluding carboxylic acids is 1. The molecule has 3 rings (SSSR count). The highest BCUT2D eigenvalue weighted by Crippen LogP contribution is 2.46. The number of aromatic nitrogens is 1. The van der Waals surface area contributed by atoms with Gasteiger partial charge in [-0.15, -0.1) is 0 Å². The lowest BCUT2D eigenvalue weighted by Crippen LogP contribution is -2.49. The van der Waals surface area contributed by atoms with Crippen LogP contribution in [-0.2, 0) is 4.74 Å². The summed E-state index contributed by atoms with van der Waals surface area (Å²) in [6.07, 6.45) is 7.55. The molecule has 2 atom stereocenters. The molecule has 2 fully saturated rings. The molecule has 114 valence electrons. The molecular weight excluding hydrogens is 266 g/mol. The number of hydrogen-bond donors (Lipinski definition) is 1. The van der Waals surface area contributed by atoms with E-state index in [1.165, 1.54) is 6.42 Å². The van der Waals surface area contributed by atoms with Gasteiger partial charge in [-0.05, 0) is 37.8 Å². The van der Waals surface area contributed by atoms with Crippen LogP contribution in [0.4, 0.5) is 5.82 Å². The molecule has 1 aromatic rings. The number of piperidine rings is 1. The lowest BCUT2D eigenvalue weighted by Gasteiger charge is -2.43. The predicted molar refractivity (Wildman–Crippen MR) is 80.9 cm³/mol. The molecule has 1 amide bonds.